The van der Waals surface area contributed by atoms with Gasteiger partial charge in [0.25, 0.3) is 0 Å². The predicted octanol–water partition coefficient (Wildman–Crippen LogP) is 1.46. The van der Waals surface area contributed by atoms with E-state index in [4.69, 9.17) is 18.9 Å². The molecule has 2 aromatic carbocycles. The first-order valence-electron chi connectivity index (χ1n) is 9.96. The third-order valence-electron chi connectivity index (χ3n) is 5.22. The molecule has 0 spiro atoms. The van der Waals surface area contributed by atoms with Crippen LogP contribution in [0.5, 0.6) is 17.2 Å². The summed E-state index contributed by atoms with van der Waals surface area (Å²) in [6.45, 7) is 0. The Kier molecular flexibility index (Phi) is 7.54. The Morgan fingerprint density at radius 3 is 2.45 bits per heavy atom. The maximum atomic E-state index is 13.2. The molecule has 0 radical (unpaired) electrons. The molecule has 4 rings (SSSR count). The minimum absolute atomic E-state index is 0.247. The molecule has 1 amide bonds. The van der Waals surface area contributed by atoms with Crippen molar-refractivity contribution in [1.29, 1.82) is 0 Å². The number of carbonyl (C=O) groups is 2. The summed E-state index contributed by atoms with van der Waals surface area (Å²) in [6.07, 6.45) is 0.686. The van der Waals surface area contributed by atoms with Crippen molar-refractivity contribution in [3.63, 3.8) is 0 Å². The van der Waals surface area contributed by atoms with Crippen LogP contribution in [0.4, 0.5) is 0 Å². The average Bonchev–Trinajstić information content (AvgIpc) is 2.77. The van der Waals surface area contributed by atoms with Gasteiger partial charge in [-0.05, 0) is 48.9 Å². The van der Waals surface area contributed by atoms with Gasteiger partial charge in [0.1, 0.15) is 11.8 Å². The average molecular weight is 426 g/mol. The highest BCUT2D eigenvalue weighted by molar-refractivity contribution is 6.24. The normalized spacial score (nSPS) is 18.5. The number of nitrogens with one attached hydrogen (secondary N) is 1. The minimum atomic E-state index is -0.846. The van der Waals surface area contributed by atoms with Crippen molar-refractivity contribution >= 4 is 19.5 Å². The molecule has 8 nitrogen and oxygen atoms in total. The lowest BCUT2D eigenvalue weighted by molar-refractivity contribution is -0.145. The van der Waals surface area contributed by atoms with Crippen LogP contribution in [-0.2, 0) is 31.8 Å². The second-order valence-electron chi connectivity index (χ2n) is 7.41. The van der Waals surface area contributed by atoms with Crippen LogP contribution in [0, 0.1) is 0 Å². The smallest absolute Gasteiger partial charge is 0.363 e. The minimum Gasteiger partial charge on any atom is -0.493 e. The van der Waals surface area contributed by atoms with Gasteiger partial charge in [-0.2, -0.15) is 0 Å². The van der Waals surface area contributed by atoms with Gasteiger partial charge in [0.15, 0.2) is 11.5 Å². The molecule has 0 aliphatic carbocycles. The van der Waals surface area contributed by atoms with Crippen molar-refractivity contribution in [1.82, 2.24) is 10.1 Å². The Morgan fingerprint density at radius 2 is 1.81 bits per heavy atom. The highest BCUT2D eigenvalue weighted by atomic mass is 16.5. The molecule has 31 heavy (non-hydrogen) atoms. The highest BCUT2D eigenvalue weighted by Crippen LogP contribution is 2.33. The maximum absolute atomic E-state index is 13.2. The van der Waals surface area contributed by atoms with Crippen LogP contribution in [0.25, 0.3) is 0 Å². The first kappa shape index (κ1) is 22.6. The quantitative estimate of drug-likeness (QED) is 0.572. The van der Waals surface area contributed by atoms with Gasteiger partial charge < -0.3 is 29.0 Å². The van der Waals surface area contributed by atoms with Crippen molar-refractivity contribution in [3.8, 4) is 17.2 Å². The Hall–Kier alpha value is -3.04. The molecule has 9 heteroatoms. The maximum Gasteiger partial charge on any atom is 0.363 e. The van der Waals surface area contributed by atoms with Crippen LogP contribution in [0.15, 0.2) is 42.5 Å². The molecule has 0 saturated carbocycles. The standard InChI is InChI=1S/C22H27BN2O6/c1-25(23-30-4)18-12-14-5-8-16(9-6-14)31-20-13-15(7-10-19(20)28-2)11-17(22(27)29-3)24-21(18)26/h5-10,13,17-18,23H,11-12H2,1-4H3,(H,24,26)/t17-,18-/m0/s1. The zero-order valence-electron chi connectivity index (χ0n) is 18.2. The molecule has 2 atom stereocenters. The third-order valence-corrected chi connectivity index (χ3v) is 5.22. The lowest BCUT2D eigenvalue weighted by Crippen LogP contribution is -2.53. The number of fused-ring (bicyclic) bond motifs is 7. The zero-order valence-corrected chi connectivity index (χ0v) is 18.2. The molecule has 2 heterocycles. The van der Waals surface area contributed by atoms with E-state index in [0.717, 1.165) is 11.1 Å². The van der Waals surface area contributed by atoms with Crippen molar-refractivity contribution in [3.05, 3.63) is 53.6 Å². The van der Waals surface area contributed by atoms with Gasteiger partial charge in [0.05, 0.1) is 20.3 Å². The molecule has 2 aliphatic heterocycles. The van der Waals surface area contributed by atoms with E-state index in [2.05, 4.69) is 5.32 Å². The Balaban J connectivity index is 2.04. The summed E-state index contributed by atoms with van der Waals surface area (Å²) in [5.41, 5.74) is 1.74. The number of ether oxygens (including phenoxy) is 3. The van der Waals surface area contributed by atoms with Crippen LogP contribution in [0.2, 0.25) is 0 Å². The van der Waals surface area contributed by atoms with Crippen molar-refractivity contribution in [2.45, 2.75) is 24.9 Å². The van der Waals surface area contributed by atoms with Gasteiger partial charge in [-0.3, -0.25) is 4.79 Å². The van der Waals surface area contributed by atoms with E-state index in [-0.39, 0.29) is 19.9 Å². The molecule has 0 aromatic heterocycles. The summed E-state index contributed by atoms with van der Waals surface area (Å²) in [5, 5.41) is 2.86. The SMILES string of the molecule is COBN(C)[C@H]1Cc2ccc(cc2)Oc2cc(ccc2OC)C[C@@H](C(=O)OC)NC1=O. The van der Waals surface area contributed by atoms with Crippen LogP contribution in [-0.4, -0.2) is 64.8 Å². The molecule has 0 fully saturated rings. The second-order valence-corrected chi connectivity index (χ2v) is 7.41. The van der Waals surface area contributed by atoms with Gasteiger partial charge in [-0.25, -0.2) is 4.79 Å². The van der Waals surface area contributed by atoms with E-state index in [1.165, 1.54) is 7.11 Å². The molecular weight excluding hydrogens is 399 g/mol. The van der Waals surface area contributed by atoms with Gasteiger partial charge in [0.2, 0.25) is 5.91 Å². The molecule has 2 aromatic rings. The van der Waals surface area contributed by atoms with E-state index in [0.29, 0.717) is 23.7 Å². The number of amides is 1. The van der Waals surface area contributed by atoms with Crippen LogP contribution >= 0.6 is 0 Å². The highest BCUT2D eigenvalue weighted by Gasteiger charge is 2.30. The number of esters is 1. The van der Waals surface area contributed by atoms with Gasteiger partial charge in [0, 0.05) is 13.5 Å². The summed E-state index contributed by atoms with van der Waals surface area (Å²) in [6, 6.07) is 11.6. The number of methoxy groups -OCH3 is 2. The molecular formula is C22H27BN2O6. The monoisotopic (exact) mass is 426 g/mol. The number of nitrogens with zero attached hydrogens (tertiary/aromatic N) is 1. The Bertz CT molecular complexity index is 921. The lowest BCUT2D eigenvalue weighted by atomic mass is 9.98. The third kappa shape index (κ3) is 5.56. The van der Waals surface area contributed by atoms with Crippen LogP contribution in [0.1, 0.15) is 11.1 Å². The first-order chi connectivity index (χ1) is 14.9. The van der Waals surface area contributed by atoms with Crippen LogP contribution < -0.4 is 14.8 Å². The summed E-state index contributed by atoms with van der Waals surface area (Å²) in [7, 11) is 6.51. The number of rotatable bonds is 5. The number of likely N-dealkylation sites (N-methyl/N-ethyl adjacent to an activating group) is 1. The number of benzene rings is 2. The summed E-state index contributed by atoms with van der Waals surface area (Å²) in [4.78, 5) is 27.4. The van der Waals surface area contributed by atoms with Gasteiger partial charge in [-0.15, -0.1) is 0 Å². The lowest BCUT2D eigenvalue weighted by Gasteiger charge is -2.28. The van der Waals surface area contributed by atoms with E-state index in [9.17, 15) is 9.59 Å². The molecule has 2 aliphatic rings. The van der Waals surface area contributed by atoms with Gasteiger partial charge in [-0.1, -0.05) is 18.2 Å². The molecule has 0 unspecified atom stereocenters. The fraction of sp³-hybridized carbons (Fsp3) is 0.364. The fourth-order valence-electron chi connectivity index (χ4n) is 3.55. The van der Waals surface area contributed by atoms with Crippen molar-refractivity contribution in [2.75, 3.05) is 28.4 Å². The number of carbonyl (C=O) groups excluding carboxylic acids is 2. The van der Waals surface area contributed by atoms with E-state index in [1.807, 2.05) is 30.3 Å². The second kappa shape index (κ2) is 10.3. The largest absolute Gasteiger partial charge is 0.493 e. The Morgan fingerprint density at radius 1 is 1.10 bits per heavy atom. The topological polar surface area (TPSA) is 86.3 Å². The number of hydrogen-bond donors (Lipinski definition) is 1. The summed E-state index contributed by atoms with van der Waals surface area (Å²) in [5.74, 6) is 0.945. The Labute approximate surface area is 182 Å². The van der Waals surface area contributed by atoms with Crippen LogP contribution in [0.3, 0.4) is 0 Å². The molecule has 164 valence electrons. The molecule has 4 bridgehead atoms. The van der Waals surface area contributed by atoms with E-state index in [1.54, 1.807) is 38.2 Å². The number of hydrogen-bond acceptors (Lipinski definition) is 7. The predicted molar refractivity (Wildman–Crippen MR) is 117 cm³/mol. The van der Waals surface area contributed by atoms with E-state index < -0.39 is 18.1 Å². The summed E-state index contributed by atoms with van der Waals surface area (Å²) < 4.78 is 21.6. The van der Waals surface area contributed by atoms with Crippen molar-refractivity contribution < 1.29 is 28.5 Å². The van der Waals surface area contributed by atoms with Gasteiger partial charge >= 0.3 is 13.6 Å². The molecule has 0 saturated heterocycles. The first-order valence-corrected chi connectivity index (χ1v) is 9.96. The fourth-order valence-corrected chi connectivity index (χ4v) is 3.55. The van der Waals surface area contributed by atoms with E-state index >= 15 is 0 Å². The van der Waals surface area contributed by atoms with Crippen molar-refractivity contribution in [2.24, 2.45) is 0 Å². The zero-order chi connectivity index (χ0) is 22.4. The molecule has 1 N–H and O–H groups in total. The summed E-state index contributed by atoms with van der Waals surface area (Å²) >= 11 is 0.